The van der Waals surface area contributed by atoms with Gasteiger partial charge in [-0.05, 0) is 17.7 Å². The SMILES string of the molecule is O=CN1N=C(c2ccccc2O)CC1c1ccccc1. The van der Waals surface area contributed by atoms with Crippen molar-refractivity contribution >= 4 is 12.1 Å². The van der Waals surface area contributed by atoms with Crippen LogP contribution in [-0.4, -0.2) is 22.2 Å². The lowest BCUT2D eigenvalue weighted by Crippen LogP contribution is -2.17. The second-order valence-electron chi connectivity index (χ2n) is 4.68. The molecule has 1 unspecified atom stereocenters. The van der Waals surface area contributed by atoms with Gasteiger partial charge in [-0.15, -0.1) is 0 Å². The van der Waals surface area contributed by atoms with Crippen LogP contribution in [0.3, 0.4) is 0 Å². The Kier molecular flexibility index (Phi) is 3.21. The first kappa shape index (κ1) is 12.4. The number of nitrogens with zero attached hydrogens (tertiary/aromatic N) is 2. The molecule has 0 aliphatic carbocycles. The molecule has 3 rings (SSSR count). The predicted molar refractivity (Wildman–Crippen MR) is 76.3 cm³/mol. The van der Waals surface area contributed by atoms with E-state index < -0.39 is 0 Å². The van der Waals surface area contributed by atoms with Gasteiger partial charge in [0.15, 0.2) is 0 Å². The quantitative estimate of drug-likeness (QED) is 0.868. The van der Waals surface area contributed by atoms with Gasteiger partial charge in [-0.3, -0.25) is 4.79 Å². The summed E-state index contributed by atoms with van der Waals surface area (Å²) in [6.45, 7) is 0. The van der Waals surface area contributed by atoms with Crippen molar-refractivity contribution in [2.45, 2.75) is 12.5 Å². The number of phenolic OH excluding ortho intramolecular Hbond substituents is 1. The largest absolute Gasteiger partial charge is 0.507 e. The summed E-state index contributed by atoms with van der Waals surface area (Å²) in [5.74, 6) is 0.186. The fourth-order valence-electron chi connectivity index (χ4n) is 2.45. The van der Waals surface area contributed by atoms with Gasteiger partial charge in [-0.1, -0.05) is 42.5 Å². The number of carbonyl (C=O) groups excluding carboxylic acids is 1. The molecule has 20 heavy (non-hydrogen) atoms. The third-order valence-corrected chi connectivity index (χ3v) is 3.45. The number of carbonyl (C=O) groups is 1. The van der Waals surface area contributed by atoms with E-state index in [1.54, 1.807) is 12.1 Å². The van der Waals surface area contributed by atoms with Gasteiger partial charge in [0.2, 0.25) is 6.41 Å². The molecule has 1 heterocycles. The fourth-order valence-corrected chi connectivity index (χ4v) is 2.45. The lowest BCUT2D eigenvalue weighted by molar-refractivity contribution is -0.119. The van der Waals surface area contributed by atoms with Crippen LogP contribution in [0.25, 0.3) is 0 Å². The molecule has 1 atom stereocenters. The summed E-state index contributed by atoms with van der Waals surface area (Å²) >= 11 is 0. The number of hydrazone groups is 1. The number of benzene rings is 2. The summed E-state index contributed by atoms with van der Waals surface area (Å²) in [7, 11) is 0. The average Bonchev–Trinajstić information content (AvgIpc) is 2.92. The van der Waals surface area contributed by atoms with E-state index in [1.165, 1.54) is 5.01 Å². The van der Waals surface area contributed by atoms with Crippen molar-refractivity contribution in [3.05, 3.63) is 65.7 Å². The zero-order chi connectivity index (χ0) is 13.9. The maximum Gasteiger partial charge on any atom is 0.230 e. The molecule has 4 nitrogen and oxygen atoms in total. The fraction of sp³-hybridized carbons (Fsp3) is 0.125. The highest BCUT2D eigenvalue weighted by atomic mass is 16.3. The maximum atomic E-state index is 11.2. The number of phenols is 1. The van der Waals surface area contributed by atoms with Crippen LogP contribution in [0.15, 0.2) is 59.7 Å². The third-order valence-electron chi connectivity index (χ3n) is 3.45. The Morgan fingerprint density at radius 2 is 1.80 bits per heavy atom. The Morgan fingerprint density at radius 3 is 2.50 bits per heavy atom. The van der Waals surface area contributed by atoms with E-state index in [-0.39, 0.29) is 11.8 Å². The van der Waals surface area contributed by atoms with E-state index in [0.717, 1.165) is 17.7 Å². The topological polar surface area (TPSA) is 52.9 Å². The molecular weight excluding hydrogens is 252 g/mol. The van der Waals surface area contributed by atoms with Crippen molar-refractivity contribution < 1.29 is 9.90 Å². The van der Waals surface area contributed by atoms with Crippen LogP contribution in [0, 0.1) is 0 Å². The Morgan fingerprint density at radius 1 is 1.10 bits per heavy atom. The number of rotatable bonds is 3. The summed E-state index contributed by atoms with van der Waals surface area (Å²) in [5, 5.41) is 15.6. The summed E-state index contributed by atoms with van der Waals surface area (Å²) in [5.41, 5.74) is 2.44. The Bertz CT molecular complexity index is 653. The van der Waals surface area contributed by atoms with Crippen molar-refractivity contribution in [1.29, 1.82) is 0 Å². The van der Waals surface area contributed by atoms with Crippen LogP contribution in [0.4, 0.5) is 0 Å². The second kappa shape index (κ2) is 5.17. The van der Waals surface area contributed by atoms with Crippen molar-refractivity contribution in [3.63, 3.8) is 0 Å². The average molecular weight is 266 g/mol. The number of aromatic hydroxyl groups is 1. The van der Waals surface area contributed by atoms with E-state index in [4.69, 9.17) is 0 Å². The molecule has 4 heteroatoms. The highest BCUT2D eigenvalue weighted by Gasteiger charge is 2.29. The minimum atomic E-state index is -0.108. The standard InChI is InChI=1S/C16H14N2O2/c19-11-18-15(12-6-2-1-3-7-12)10-14(17-18)13-8-4-5-9-16(13)20/h1-9,11,15,20H,10H2. The van der Waals surface area contributed by atoms with Crippen LogP contribution < -0.4 is 0 Å². The second-order valence-corrected chi connectivity index (χ2v) is 4.68. The summed E-state index contributed by atoms with van der Waals surface area (Å²) in [6, 6.07) is 16.7. The molecular formula is C16H14N2O2. The molecule has 1 amide bonds. The molecule has 0 aromatic heterocycles. The monoisotopic (exact) mass is 266 g/mol. The molecule has 0 saturated carbocycles. The molecule has 0 saturated heterocycles. The third kappa shape index (κ3) is 2.16. The molecule has 1 N–H and O–H groups in total. The van der Waals surface area contributed by atoms with Crippen LogP contribution in [-0.2, 0) is 4.79 Å². The van der Waals surface area contributed by atoms with Gasteiger partial charge in [0.25, 0.3) is 0 Å². The van der Waals surface area contributed by atoms with E-state index in [9.17, 15) is 9.90 Å². The van der Waals surface area contributed by atoms with Crippen LogP contribution in [0.5, 0.6) is 5.75 Å². The van der Waals surface area contributed by atoms with Gasteiger partial charge in [0.05, 0.1) is 11.8 Å². The normalized spacial score (nSPS) is 17.9. The number of amides is 1. The first-order valence-electron chi connectivity index (χ1n) is 6.44. The minimum absolute atomic E-state index is 0.108. The van der Waals surface area contributed by atoms with Gasteiger partial charge in [0, 0.05) is 12.0 Å². The molecule has 1 aliphatic rings. The van der Waals surface area contributed by atoms with Crippen molar-refractivity contribution in [2.75, 3.05) is 0 Å². The minimum Gasteiger partial charge on any atom is -0.507 e. The van der Waals surface area contributed by atoms with Crippen LogP contribution in [0.1, 0.15) is 23.6 Å². The van der Waals surface area contributed by atoms with Gasteiger partial charge in [0.1, 0.15) is 5.75 Å². The highest BCUT2D eigenvalue weighted by Crippen LogP contribution is 2.33. The van der Waals surface area contributed by atoms with Crippen LogP contribution in [0.2, 0.25) is 0 Å². The molecule has 1 aliphatic heterocycles. The van der Waals surface area contributed by atoms with Crippen molar-refractivity contribution in [3.8, 4) is 5.75 Å². The molecule has 0 spiro atoms. The van der Waals surface area contributed by atoms with Gasteiger partial charge >= 0.3 is 0 Å². The summed E-state index contributed by atoms with van der Waals surface area (Å²) in [6.07, 6.45) is 1.32. The Labute approximate surface area is 117 Å². The lowest BCUT2D eigenvalue weighted by atomic mass is 9.98. The summed E-state index contributed by atoms with van der Waals surface area (Å²) in [4.78, 5) is 11.2. The molecule has 0 radical (unpaired) electrons. The molecule has 0 bridgehead atoms. The Hall–Kier alpha value is -2.62. The number of para-hydroxylation sites is 1. The summed E-state index contributed by atoms with van der Waals surface area (Å²) < 4.78 is 0. The maximum absolute atomic E-state index is 11.2. The highest BCUT2D eigenvalue weighted by molar-refractivity contribution is 6.04. The molecule has 0 fully saturated rings. The van der Waals surface area contributed by atoms with Crippen molar-refractivity contribution in [2.24, 2.45) is 5.10 Å². The number of hydrogen-bond donors (Lipinski definition) is 1. The van der Waals surface area contributed by atoms with E-state index >= 15 is 0 Å². The first-order chi connectivity index (χ1) is 9.79. The lowest BCUT2D eigenvalue weighted by Gasteiger charge is -2.17. The molecule has 2 aromatic rings. The predicted octanol–water partition coefficient (Wildman–Crippen LogP) is 2.70. The number of hydrogen-bond acceptors (Lipinski definition) is 3. The van der Waals surface area contributed by atoms with E-state index in [1.807, 2.05) is 42.5 Å². The van der Waals surface area contributed by atoms with Crippen molar-refractivity contribution in [1.82, 2.24) is 5.01 Å². The zero-order valence-electron chi connectivity index (χ0n) is 10.8. The van der Waals surface area contributed by atoms with Gasteiger partial charge < -0.3 is 5.11 Å². The molecule has 2 aromatic carbocycles. The van der Waals surface area contributed by atoms with E-state index in [2.05, 4.69) is 5.10 Å². The smallest absolute Gasteiger partial charge is 0.230 e. The van der Waals surface area contributed by atoms with Gasteiger partial charge in [-0.25, -0.2) is 5.01 Å². The van der Waals surface area contributed by atoms with Gasteiger partial charge in [-0.2, -0.15) is 5.10 Å². The first-order valence-corrected chi connectivity index (χ1v) is 6.44. The van der Waals surface area contributed by atoms with E-state index in [0.29, 0.717) is 12.0 Å². The molecule has 100 valence electrons. The van der Waals surface area contributed by atoms with Crippen LogP contribution >= 0.6 is 0 Å². The Balaban J connectivity index is 1.94. The zero-order valence-corrected chi connectivity index (χ0v) is 10.8.